The van der Waals surface area contributed by atoms with Gasteiger partial charge in [-0.2, -0.15) is 0 Å². The molecule has 2 fully saturated rings. The summed E-state index contributed by atoms with van der Waals surface area (Å²) >= 11 is 6.49. The van der Waals surface area contributed by atoms with E-state index < -0.39 is 34.8 Å². The first-order valence-electron chi connectivity index (χ1n) is 10.7. The zero-order chi connectivity index (χ0) is 24.1. The highest BCUT2D eigenvalue weighted by Gasteiger charge is 2.60. The van der Waals surface area contributed by atoms with Crippen LogP contribution in [0.3, 0.4) is 0 Å². The topological polar surface area (TPSA) is 93.0 Å². The monoisotopic (exact) mass is 477 g/mol. The maximum atomic E-state index is 13.7. The molecule has 0 bridgehead atoms. The third kappa shape index (κ3) is 3.43. The summed E-state index contributed by atoms with van der Waals surface area (Å²) in [5, 5.41) is 13.2. The Bertz CT molecular complexity index is 1330. The predicted octanol–water partition coefficient (Wildman–Crippen LogP) is 4.92. The van der Waals surface area contributed by atoms with E-state index in [2.05, 4.69) is 0 Å². The number of benzene rings is 3. The number of nitrogens with zero attached hydrogens (tertiary/aromatic N) is 3. The molecule has 5 rings (SSSR count). The lowest BCUT2D eigenvalue weighted by molar-refractivity contribution is -0.384. The molecular formula is C25H20ClN3O5. The van der Waals surface area contributed by atoms with Crippen molar-refractivity contribution < 1.29 is 19.3 Å². The fourth-order valence-electron chi connectivity index (χ4n) is 4.69. The van der Waals surface area contributed by atoms with Crippen molar-refractivity contribution in [2.45, 2.75) is 26.0 Å². The number of nitro groups is 1. The Labute approximate surface area is 200 Å². The smallest absolute Gasteiger partial charge is 0.269 e. The van der Waals surface area contributed by atoms with Crippen molar-refractivity contribution in [1.82, 2.24) is 0 Å². The molecule has 172 valence electrons. The standard InChI is InChI=1S/C25H20ClN3O5/c1-14-8-11-20(15(2)12-14)27-24(30)21-22(18-13-17(29(32)33)9-10-19(18)26)28(34-23(21)25(27)31)16-6-4-3-5-7-16/h3-13,21-23H,1-2H3/t21-,22-,23-/m0/s1. The van der Waals surface area contributed by atoms with E-state index in [-0.39, 0.29) is 10.7 Å². The lowest BCUT2D eigenvalue weighted by Crippen LogP contribution is -2.37. The molecule has 2 aliphatic heterocycles. The Hall–Kier alpha value is -3.75. The number of aryl methyl sites for hydroxylation is 2. The third-order valence-electron chi connectivity index (χ3n) is 6.23. The summed E-state index contributed by atoms with van der Waals surface area (Å²) in [4.78, 5) is 45.4. The molecule has 3 aromatic carbocycles. The van der Waals surface area contributed by atoms with E-state index in [9.17, 15) is 19.7 Å². The van der Waals surface area contributed by atoms with E-state index in [1.54, 1.807) is 30.3 Å². The molecule has 2 heterocycles. The lowest BCUT2D eigenvalue weighted by atomic mass is 9.90. The number of hydroxylamine groups is 1. The van der Waals surface area contributed by atoms with Gasteiger partial charge in [0, 0.05) is 22.7 Å². The van der Waals surface area contributed by atoms with E-state index in [0.717, 1.165) is 16.0 Å². The van der Waals surface area contributed by atoms with Crippen LogP contribution in [0.25, 0.3) is 0 Å². The van der Waals surface area contributed by atoms with Crippen molar-refractivity contribution in [3.8, 4) is 0 Å². The number of non-ortho nitro benzene ring substituents is 1. The molecule has 0 saturated carbocycles. The SMILES string of the molecule is Cc1ccc(N2C(=O)[C@@H]3[C@H](ON(c4ccccc4)[C@H]3c3cc([N+](=O)[O-])ccc3Cl)C2=O)c(C)c1. The molecule has 3 aromatic rings. The van der Waals surface area contributed by atoms with Gasteiger partial charge < -0.3 is 0 Å². The lowest BCUT2D eigenvalue weighted by Gasteiger charge is -2.29. The van der Waals surface area contributed by atoms with Crippen molar-refractivity contribution in [3.05, 3.63) is 98.6 Å². The van der Waals surface area contributed by atoms with E-state index in [1.807, 2.05) is 32.0 Å². The summed E-state index contributed by atoms with van der Waals surface area (Å²) in [5.74, 6) is -1.85. The maximum absolute atomic E-state index is 13.7. The van der Waals surface area contributed by atoms with Crippen LogP contribution in [0.15, 0.2) is 66.7 Å². The number of hydrogen-bond acceptors (Lipinski definition) is 6. The molecule has 0 spiro atoms. The van der Waals surface area contributed by atoms with Gasteiger partial charge in [-0.15, -0.1) is 0 Å². The molecule has 9 heteroatoms. The third-order valence-corrected chi connectivity index (χ3v) is 6.57. The minimum atomic E-state index is -1.09. The van der Waals surface area contributed by atoms with Crippen LogP contribution < -0.4 is 9.96 Å². The van der Waals surface area contributed by atoms with Crippen LogP contribution in [-0.4, -0.2) is 22.8 Å². The van der Waals surface area contributed by atoms with Crippen molar-refractivity contribution in [3.63, 3.8) is 0 Å². The molecular weight excluding hydrogens is 458 g/mol. The first-order valence-corrected chi connectivity index (χ1v) is 11.1. The number of para-hydroxylation sites is 1. The number of imide groups is 1. The van der Waals surface area contributed by atoms with Gasteiger partial charge in [0.15, 0.2) is 6.10 Å². The molecule has 0 unspecified atom stereocenters. The van der Waals surface area contributed by atoms with Gasteiger partial charge in [-0.1, -0.05) is 47.5 Å². The number of amides is 2. The van der Waals surface area contributed by atoms with Gasteiger partial charge >= 0.3 is 0 Å². The summed E-state index contributed by atoms with van der Waals surface area (Å²) < 4.78 is 0. The van der Waals surface area contributed by atoms with Crippen LogP contribution in [0.1, 0.15) is 22.7 Å². The first-order chi connectivity index (χ1) is 16.3. The number of carbonyl (C=O) groups excluding carboxylic acids is 2. The zero-order valence-corrected chi connectivity index (χ0v) is 19.1. The second-order valence-corrected chi connectivity index (χ2v) is 8.83. The van der Waals surface area contributed by atoms with Gasteiger partial charge in [0.05, 0.1) is 22.3 Å². The molecule has 2 aliphatic rings. The van der Waals surface area contributed by atoms with Crippen LogP contribution in [0.5, 0.6) is 0 Å². The van der Waals surface area contributed by atoms with Crippen LogP contribution in [0.2, 0.25) is 5.02 Å². The van der Waals surface area contributed by atoms with Gasteiger partial charge in [-0.05, 0) is 43.7 Å². The number of hydrogen-bond donors (Lipinski definition) is 0. The fraction of sp³-hybridized carbons (Fsp3) is 0.200. The Kier molecular flexibility index (Phi) is 5.34. The van der Waals surface area contributed by atoms with Gasteiger partial charge in [0.2, 0.25) is 5.91 Å². The average Bonchev–Trinajstić information content (AvgIpc) is 3.31. The largest absolute Gasteiger partial charge is 0.273 e. The normalized spacial score (nSPS) is 21.8. The molecule has 0 N–H and O–H groups in total. The fourth-order valence-corrected chi connectivity index (χ4v) is 4.92. The molecule has 8 nitrogen and oxygen atoms in total. The summed E-state index contributed by atoms with van der Waals surface area (Å²) in [7, 11) is 0. The summed E-state index contributed by atoms with van der Waals surface area (Å²) in [6.45, 7) is 3.77. The molecule has 34 heavy (non-hydrogen) atoms. The van der Waals surface area contributed by atoms with E-state index in [4.69, 9.17) is 16.4 Å². The number of fused-ring (bicyclic) bond motifs is 1. The van der Waals surface area contributed by atoms with E-state index in [1.165, 1.54) is 23.3 Å². The Morgan fingerprint density at radius 3 is 2.38 bits per heavy atom. The zero-order valence-electron chi connectivity index (χ0n) is 18.3. The number of halogens is 1. The van der Waals surface area contributed by atoms with Crippen molar-refractivity contribution >= 4 is 40.5 Å². The highest BCUT2D eigenvalue weighted by molar-refractivity contribution is 6.31. The van der Waals surface area contributed by atoms with Gasteiger partial charge in [0.25, 0.3) is 11.6 Å². The van der Waals surface area contributed by atoms with Crippen molar-refractivity contribution in [2.75, 3.05) is 9.96 Å². The number of nitro benzene ring substituents is 1. The van der Waals surface area contributed by atoms with E-state index in [0.29, 0.717) is 16.9 Å². The van der Waals surface area contributed by atoms with Crippen LogP contribution in [0.4, 0.5) is 17.1 Å². The molecule has 2 saturated heterocycles. The summed E-state index contributed by atoms with van der Waals surface area (Å²) in [5.41, 5.74) is 3.06. The number of carbonyl (C=O) groups is 2. The molecule has 0 aromatic heterocycles. The molecule has 2 amide bonds. The molecule has 0 aliphatic carbocycles. The highest BCUT2D eigenvalue weighted by Crippen LogP contribution is 2.49. The molecule has 3 atom stereocenters. The predicted molar refractivity (Wildman–Crippen MR) is 127 cm³/mol. The van der Waals surface area contributed by atoms with Gasteiger partial charge in [-0.25, -0.2) is 9.96 Å². The minimum Gasteiger partial charge on any atom is -0.273 e. The molecule has 0 radical (unpaired) electrons. The second kappa shape index (κ2) is 8.23. The average molecular weight is 478 g/mol. The van der Waals surface area contributed by atoms with Crippen molar-refractivity contribution in [1.29, 1.82) is 0 Å². The maximum Gasteiger partial charge on any atom is 0.269 e. The van der Waals surface area contributed by atoms with Crippen LogP contribution in [-0.2, 0) is 14.4 Å². The van der Waals surface area contributed by atoms with Gasteiger partial charge in [-0.3, -0.25) is 24.5 Å². The summed E-state index contributed by atoms with van der Waals surface area (Å²) in [6.07, 6.45) is -1.09. The Morgan fingerprint density at radius 1 is 0.971 bits per heavy atom. The Balaban J connectivity index is 1.64. The minimum absolute atomic E-state index is 0.168. The quantitative estimate of drug-likeness (QED) is 0.301. The number of rotatable bonds is 4. The van der Waals surface area contributed by atoms with Crippen LogP contribution >= 0.6 is 11.6 Å². The van der Waals surface area contributed by atoms with E-state index >= 15 is 0 Å². The van der Waals surface area contributed by atoms with Crippen LogP contribution in [0, 0.1) is 29.9 Å². The van der Waals surface area contributed by atoms with Crippen molar-refractivity contribution in [2.24, 2.45) is 5.92 Å². The van der Waals surface area contributed by atoms with Gasteiger partial charge in [0.1, 0.15) is 5.92 Å². The summed E-state index contributed by atoms with van der Waals surface area (Å²) in [6, 6.07) is 17.7. The first kappa shape index (κ1) is 22.1. The highest BCUT2D eigenvalue weighted by atomic mass is 35.5. The second-order valence-electron chi connectivity index (χ2n) is 8.42. The Morgan fingerprint density at radius 2 is 1.71 bits per heavy atom. The number of anilines is 2.